The fourth-order valence-corrected chi connectivity index (χ4v) is 3.50. The number of carboxylic acid groups (broad SMARTS) is 1. The second-order valence-electron chi connectivity index (χ2n) is 7.05. The summed E-state index contributed by atoms with van der Waals surface area (Å²) < 4.78 is 46.5. The second-order valence-corrected chi connectivity index (χ2v) is 7.05. The first-order valence-electron chi connectivity index (χ1n) is 9.44. The minimum atomic E-state index is -4.63. The number of ether oxygens (including phenoxy) is 1. The number of benzene rings is 2. The molecule has 1 atom stereocenters. The number of methoxy groups -OCH3 is 1. The van der Waals surface area contributed by atoms with Crippen molar-refractivity contribution in [2.24, 2.45) is 0 Å². The molecule has 6 nitrogen and oxygen atoms in total. The van der Waals surface area contributed by atoms with E-state index < -0.39 is 23.8 Å². The number of hydrogen-bond acceptors (Lipinski definition) is 4. The number of fused-ring (bicyclic) bond motifs is 1. The highest BCUT2D eigenvalue weighted by Gasteiger charge is 2.33. The van der Waals surface area contributed by atoms with E-state index in [2.05, 4.69) is 4.98 Å². The van der Waals surface area contributed by atoms with Gasteiger partial charge in [-0.1, -0.05) is 42.5 Å². The first kappa shape index (κ1) is 21.4. The molecule has 2 heterocycles. The normalized spacial score (nSPS) is 12.7. The van der Waals surface area contributed by atoms with Crippen molar-refractivity contribution in [1.29, 1.82) is 0 Å². The Bertz CT molecular complexity index is 1300. The molecule has 0 aliphatic carbocycles. The zero-order valence-electron chi connectivity index (χ0n) is 16.7. The van der Waals surface area contributed by atoms with Crippen LogP contribution in [0.1, 0.15) is 33.3 Å². The second kappa shape index (κ2) is 8.01. The lowest BCUT2D eigenvalue weighted by molar-refractivity contribution is -0.137. The molecule has 2 aromatic heterocycles. The van der Waals surface area contributed by atoms with Crippen molar-refractivity contribution >= 4 is 11.6 Å². The number of hydrogen-bond donors (Lipinski definition) is 2. The number of carboxylic acids is 1. The first-order valence-corrected chi connectivity index (χ1v) is 9.44. The van der Waals surface area contributed by atoms with Crippen molar-refractivity contribution < 1.29 is 32.9 Å². The summed E-state index contributed by atoms with van der Waals surface area (Å²) >= 11 is 0. The predicted octanol–water partition coefficient (Wildman–Crippen LogP) is 4.81. The van der Waals surface area contributed by atoms with Crippen LogP contribution in [0.25, 0.3) is 16.8 Å². The Labute approximate surface area is 180 Å². The summed E-state index contributed by atoms with van der Waals surface area (Å²) in [5.41, 5.74) is 0.529. The molecule has 0 radical (unpaired) electrons. The number of rotatable bonds is 5. The van der Waals surface area contributed by atoms with Gasteiger partial charge in [-0.2, -0.15) is 18.2 Å². The number of aliphatic hydroxyl groups excluding tert-OH is 1. The molecular formula is C23H17F3N2O4. The number of imidazole rings is 1. The first-order chi connectivity index (χ1) is 15.2. The Morgan fingerprint density at radius 1 is 1.09 bits per heavy atom. The van der Waals surface area contributed by atoms with Crippen molar-refractivity contribution in [2.45, 2.75) is 12.3 Å². The summed E-state index contributed by atoms with van der Waals surface area (Å²) in [6.45, 7) is 0. The molecule has 0 amide bonds. The number of aromatic carboxylic acids is 1. The molecule has 9 heteroatoms. The lowest BCUT2D eigenvalue weighted by Gasteiger charge is -2.17. The molecule has 0 spiro atoms. The zero-order valence-corrected chi connectivity index (χ0v) is 16.7. The van der Waals surface area contributed by atoms with Crippen LogP contribution in [0.4, 0.5) is 13.2 Å². The standard InChI is InChI=1S/C23H17F3N2O4/c1-32-20-12-28-18(10-15(23(24,25)26)11-19(28)27-20)21(29)14-8-6-13(7-9-14)16-4-2-3-5-17(16)22(30)31/h2-12,21,29H,1H3,(H,30,31)/t21-/m1/s1. The van der Waals surface area contributed by atoms with E-state index in [0.29, 0.717) is 16.7 Å². The average molecular weight is 442 g/mol. The third kappa shape index (κ3) is 3.90. The van der Waals surface area contributed by atoms with Gasteiger partial charge in [0.2, 0.25) is 5.88 Å². The van der Waals surface area contributed by atoms with Crippen LogP contribution in [-0.2, 0) is 6.18 Å². The van der Waals surface area contributed by atoms with E-state index >= 15 is 0 Å². The van der Waals surface area contributed by atoms with Gasteiger partial charge in [0, 0.05) is 0 Å². The van der Waals surface area contributed by atoms with Gasteiger partial charge >= 0.3 is 12.1 Å². The average Bonchev–Trinajstić information content (AvgIpc) is 3.21. The molecule has 0 fully saturated rings. The molecule has 164 valence electrons. The number of pyridine rings is 1. The summed E-state index contributed by atoms with van der Waals surface area (Å²) in [6, 6.07) is 14.5. The fraction of sp³-hybridized carbons (Fsp3) is 0.130. The molecule has 4 aromatic rings. The number of carbonyl (C=O) groups is 1. The van der Waals surface area contributed by atoms with Gasteiger partial charge in [0.05, 0.1) is 30.1 Å². The van der Waals surface area contributed by atoms with Crippen molar-refractivity contribution in [3.8, 4) is 17.0 Å². The Kier molecular flexibility index (Phi) is 5.35. The molecule has 0 saturated carbocycles. The molecule has 2 aromatic carbocycles. The number of halogens is 3. The fourth-order valence-electron chi connectivity index (χ4n) is 3.50. The highest BCUT2D eigenvalue weighted by atomic mass is 19.4. The number of alkyl halides is 3. The molecule has 32 heavy (non-hydrogen) atoms. The van der Waals surface area contributed by atoms with Gasteiger partial charge < -0.3 is 14.9 Å². The summed E-state index contributed by atoms with van der Waals surface area (Å²) in [5.74, 6) is -0.969. The maximum absolute atomic E-state index is 13.4. The lowest BCUT2D eigenvalue weighted by atomic mass is 9.96. The van der Waals surface area contributed by atoms with Crippen LogP contribution in [0.5, 0.6) is 5.88 Å². The van der Waals surface area contributed by atoms with Gasteiger partial charge in [-0.15, -0.1) is 0 Å². The highest BCUT2D eigenvalue weighted by Crippen LogP contribution is 2.35. The topological polar surface area (TPSA) is 84.1 Å². The number of aromatic nitrogens is 2. The highest BCUT2D eigenvalue weighted by molar-refractivity contribution is 5.96. The zero-order chi connectivity index (χ0) is 23.0. The summed E-state index contributed by atoms with van der Waals surface area (Å²) in [7, 11) is 1.34. The van der Waals surface area contributed by atoms with Gasteiger partial charge in [0.1, 0.15) is 11.8 Å². The number of aliphatic hydroxyl groups is 1. The van der Waals surface area contributed by atoms with Crippen molar-refractivity contribution in [2.75, 3.05) is 7.11 Å². The molecule has 2 N–H and O–H groups in total. The van der Waals surface area contributed by atoms with Crippen molar-refractivity contribution in [3.63, 3.8) is 0 Å². The quantitative estimate of drug-likeness (QED) is 0.464. The SMILES string of the molecule is COc1cn2c([C@H](O)c3ccc(-c4ccccc4C(=O)O)cc3)cc(C(F)(F)F)cc2n1. The Morgan fingerprint density at radius 2 is 1.78 bits per heavy atom. The summed E-state index contributed by atoms with van der Waals surface area (Å²) in [4.78, 5) is 15.5. The largest absolute Gasteiger partial charge is 0.480 e. The van der Waals surface area contributed by atoms with Crippen molar-refractivity contribution in [1.82, 2.24) is 9.38 Å². The Morgan fingerprint density at radius 3 is 2.41 bits per heavy atom. The third-order valence-electron chi connectivity index (χ3n) is 5.09. The molecule has 4 rings (SSSR count). The van der Waals surface area contributed by atoms with Gasteiger partial charge in [0.15, 0.2) is 0 Å². The lowest BCUT2D eigenvalue weighted by Crippen LogP contribution is -2.11. The maximum Gasteiger partial charge on any atom is 0.416 e. The number of nitrogens with zero attached hydrogens (tertiary/aromatic N) is 2. The van der Waals surface area contributed by atoms with Gasteiger partial charge in [-0.3, -0.25) is 4.40 Å². The van der Waals surface area contributed by atoms with Crippen LogP contribution in [0.2, 0.25) is 0 Å². The molecule has 0 bridgehead atoms. The van der Waals surface area contributed by atoms with Crippen LogP contribution in [0.3, 0.4) is 0 Å². The van der Waals surface area contributed by atoms with E-state index in [4.69, 9.17) is 4.74 Å². The van der Waals surface area contributed by atoms with E-state index in [1.807, 2.05) is 0 Å². The van der Waals surface area contributed by atoms with Crippen LogP contribution < -0.4 is 4.74 Å². The third-order valence-corrected chi connectivity index (χ3v) is 5.09. The Balaban J connectivity index is 1.77. The van der Waals surface area contributed by atoms with E-state index in [1.165, 1.54) is 23.8 Å². The summed E-state index contributed by atoms with van der Waals surface area (Å²) in [6.07, 6.45) is -4.63. The van der Waals surface area contributed by atoms with Crippen LogP contribution in [0, 0.1) is 0 Å². The predicted molar refractivity (Wildman–Crippen MR) is 110 cm³/mol. The maximum atomic E-state index is 13.4. The van der Waals surface area contributed by atoms with Crippen LogP contribution in [0.15, 0.2) is 66.9 Å². The molecule has 0 unspecified atom stereocenters. The summed E-state index contributed by atoms with van der Waals surface area (Å²) in [5, 5.41) is 20.3. The van der Waals surface area contributed by atoms with Crippen LogP contribution in [-0.4, -0.2) is 32.7 Å². The van der Waals surface area contributed by atoms with Crippen LogP contribution >= 0.6 is 0 Å². The molecular weight excluding hydrogens is 425 g/mol. The Hall–Kier alpha value is -3.85. The minimum Gasteiger partial charge on any atom is -0.480 e. The van der Waals surface area contributed by atoms with E-state index in [0.717, 1.165) is 12.1 Å². The monoisotopic (exact) mass is 442 g/mol. The molecule has 0 aliphatic rings. The molecule has 0 saturated heterocycles. The van der Waals surface area contributed by atoms with Gasteiger partial charge in [-0.25, -0.2) is 4.79 Å². The van der Waals surface area contributed by atoms with Crippen molar-refractivity contribution in [3.05, 3.63) is 89.2 Å². The molecule has 0 aliphatic heterocycles. The van der Waals surface area contributed by atoms with E-state index in [1.54, 1.807) is 42.5 Å². The van der Waals surface area contributed by atoms with E-state index in [-0.39, 0.29) is 22.8 Å². The van der Waals surface area contributed by atoms with Gasteiger partial charge in [-0.05, 0) is 34.9 Å². The minimum absolute atomic E-state index is 0.0160. The van der Waals surface area contributed by atoms with E-state index in [9.17, 15) is 28.2 Å². The smallest absolute Gasteiger partial charge is 0.416 e. The van der Waals surface area contributed by atoms with Gasteiger partial charge in [0.25, 0.3) is 0 Å².